The zero-order valence-corrected chi connectivity index (χ0v) is 13.8. The standard InChI is InChI=1S/C15H19BrN4O/c1-3-8-17-14-13(21-2)15(20-10-19-14)18-9-11-6-4-5-7-12(11)16/h4-7,10H,3,8-9H2,1-2H3,(H2,17,18,19,20). The van der Waals surface area contributed by atoms with Gasteiger partial charge in [-0.15, -0.1) is 0 Å². The number of hydrogen-bond donors (Lipinski definition) is 2. The van der Waals surface area contributed by atoms with Crippen molar-refractivity contribution in [1.82, 2.24) is 9.97 Å². The summed E-state index contributed by atoms with van der Waals surface area (Å²) in [4.78, 5) is 8.48. The number of halogens is 1. The summed E-state index contributed by atoms with van der Waals surface area (Å²) in [6, 6.07) is 8.07. The Kier molecular flexibility index (Phi) is 5.80. The first-order valence-electron chi connectivity index (χ1n) is 6.86. The van der Waals surface area contributed by atoms with Gasteiger partial charge < -0.3 is 15.4 Å². The Morgan fingerprint density at radius 2 is 1.86 bits per heavy atom. The molecule has 0 aliphatic heterocycles. The molecule has 112 valence electrons. The van der Waals surface area contributed by atoms with Gasteiger partial charge in [0.2, 0.25) is 5.75 Å². The van der Waals surface area contributed by atoms with Crippen LogP contribution in [0.3, 0.4) is 0 Å². The van der Waals surface area contributed by atoms with E-state index in [2.05, 4.69) is 49.5 Å². The van der Waals surface area contributed by atoms with E-state index in [0.717, 1.165) is 23.0 Å². The Bertz CT molecular complexity index is 592. The van der Waals surface area contributed by atoms with Crippen LogP contribution < -0.4 is 15.4 Å². The van der Waals surface area contributed by atoms with Gasteiger partial charge in [0.15, 0.2) is 11.6 Å². The van der Waals surface area contributed by atoms with Crippen LogP contribution >= 0.6 is 15.9 Å². The fourth-order valence-electron chi connectivity index (χ4n) is 1.88. The van der Waals surface area contributed by atoms with E-state index in [-0.39, 0.29) is 0 Å². The van der Waals surface area contributed by atoms with Gasteiger partial charge in [-0.25, -0.2) is 9.97 Å². The van der Waals surface area contributed by atoms with E-state index in [4.69, 9.17) is 4.74 Å². The number of ether oxygens (including phenoxy) is 1. The first-order valence-corrected chi connectivity index (χ1v) is 7.65. The molecule has 0 aliphatic carbocycles. The predicted octanol–water partition coefficient (Wildman–Crippen LogP) is 3.68. The summed E-state index contributed by atoms with van der Waals surface area (Å²) in [6.45, 7) is 3.60. The summed E-state index contributed by atoms with van der Waals surface area (Å²) in [6.07, 6.45) is 2.55. The summed E-state index contributed by atoms with van der Waals surface area (Å²) in [7, 11) is 1.62. The Balaban J connectivity index is 2.14. The van der Waals surface area contributed by atoms with Crippen LogP contribution in [0.5, 0.6) is 5.75 Å². The number of anilines is 2. The molecule has 1 aromatic carbocycles. The number of rotatable bonds is 7. The highest BCUT2D eigenvalue weighted by atomic mass is 79.9. The topological polar surface area (TPSA) is 59.1 Å². The minimum absolute atomic E-state index is 0.637. The van der Waals surface area contributed by atoms with E-state index in [1.165, 1.54) is 6.33 Å². The van der Waals surface area contributed by atoms with Crippen molar-refractivity contribution in [3.05, 3.63) is 40.6 Å². The lowest BCUT2D eigenvalue weighted by Crippen LogP contribution is -2.09. The summed E-state index contributed by atoms with van der Waals surface area (Å²) in [5.74, 6) is 2.03. The lowest BCUT2D eigenvalue weighted by Gasteiger charge is -2.14. The van der Waals surface area contributed by atoms with Crippen molar-refractivity contribution in [2.45, 2.75) is 19.9 Å². The van der Waals surface area contributed by atoms with Crippen LogP contribution in [0.4, 0.5) is 11.6 Å². The van der Waals surface area contributed by atoms with E-state index in [9.17, 15) is 0 Å². The van der Waals surface area contributed by atoms with Gasteiger partial charge in [-0.1, -0.05) is 41.1 Å². The first kappa shape index (κ1) is 15.6. The van der Waals surface area contributed by atoms with Crippen LogP contribution in [0, 0.1) is 0 Å². The normalized spacial score (nSPS) is 10.2. The van der Waals surface area contributed by atoms with Gasteiger partial charge in [-0.2, -0.15) is 0 Å². The van der Waals surface area contributed by atoms with E-state index in [1.807, 2.05) is 18.2 Å². The van der Waals surface area contributed by atoms with Gasteiger partial charge in [-0.3, -0.25) is 0 Å². The highest BCUT2D eigenvalue weighted by molar-refractivity contribution is 9.10. The minimum atomic E-state index is 0.637. The maximum absolute atomic E-state index is 5.43. The van der Waals surface area contributed by atoms with Gasteiger partial charge in [0.05, 0.1) is 7.11 Å². The average molecular weight is 351 g/mol. The van der Waals surface area contributed by atoms with Crippen molar-refractivity contribution in [3.8, 4) is 5.75 Å². The third-order valence-electron chi connectivity index (χ3n) is 2.95. The maximum atomic E-state index is 5.43. The number of methoxy groups -OCH3 is 1. The molecule has 0 saturated heterocycles. The number of aromatic nitrogens is 2. The molecule has 6 heteroatoms. The summed E-state index contributed by atoms with van der Waals surface area (Å²) in [5.41, 5.74) is 1.15. The van der Waals surface area contributed by atoms with Crippen molar-refractivity contribution >= 4 is 27.6 Å². The van der Waals surface area contributed by atoms with Gasteiger partial charge in [-0.05, 0) is 18.1 Å². The Morgan fingerprint density at radius 3 is 2.52 bits per heavy atom. The van der Waals surface area contributed by atoms with Crippen LogP contribution in [-0.2, 0) is 6.54 Å². The van der Waals surface area contributed by atoms with E-state index >= 15 is 0 Å². The molecule has 0 fully saturated rings. The van der Waals surface area contributed by atoms with Gasteiger partial charge >= 0.3 is 0 Å². The summed E-state index contributed by atoms with van der Waals surface area (Å²) >= 11 is 3.54. The Labute approximate surface area is 133 Å². The SMILES string of the molecule is CCCNc1ncnc(NCc2ccccc2Br)c1OC. The molecule has 0 unspecified atom stereocenters. The molecule has 2 aromatic rings. The monoisotopic (exact) mass is 350 g/mol. The lowest BCUT2D eigenvalue weighted by molar-refractivity contribution is 0.414. The molecular formula is C15H19BrN4O. The van der Waals surface area contributed by atoms with Crippen LogP contribution in [0.1, 0.15) is 18.9 Å². The number of nitrogens with zero attached hydrogens (tertiary/aromatic N) is 2. The molecule has 1 aromatic heterocycles. The van der Waals surface area contributed by atoms with E-state index in [1.54, 1.807) is 7.11 Å². The molecule has 0 amide bonds. The molecule has 0 atom stereocenters. The third kappa shape index (κ3) is 4.07. The van der Waals surface area contributed by atoms with Crippen molar-refractivity contribution < 1.29 is 4.74 Å². The van der Waals surface area contributed by atoms with Crippen molar-refractivity contribution in [2.24, 2.45) is 0 Å². The zero-order valence-electron chi connectivity index (χ0n) is 12.2. The van der Waals surface area contributed by atoms with Crippen LogP contribution in [-0.4, -0.2) is 23.6 Å². The number of hydrogen-bond acceptors (Lipinski definition) is 5. The zero-order chi connectivity index (χ0) is 15.1. The Morgan fingerprint density at radius 1 is 1.14 bits per heavy atom. The second kappa shape index (κ2) is 7.83. The van der Waals surface area contributed by atoms with Crippen molar-refractivity contribution in [3.63, 3.8) is 0 Å². The lowest BCUT2D eigenvalue weighted by atomic mass is 10.2. The van der Waals surface area contributed by atoms with Gasteiger partial charge in [0.1, 0.15) is 6.33 Å². The van der Waals surface area contributed by atoms with Crippen LogP contribution in [0.25, 0.3) is 0 Å². The smallest absolute Gasteiger partial charge is 0.204 e. The molecule has 1 heterocycles. The van der Waals surface area contributed by atoms with Crippen molar-refractivity contribution in [2.75, 3.05) is 24.3 Å². The second-order valence-electron chi connectivity index (χ2n) is 4.48. The predicted molar refractivity (Wildman–Crippen MR) is 88.8 cm³/mol. The highest BCUT2D eigenvalue weighted by Crippen LogP contribution is 2.29. The van der Waals surface area contributed by atoms with Crippen LogP contribution in [0.2, 0.25) is 0 Å². The molecule has 0 radical (unpaired) electrons. The Hall–Kier alpha value is -1.82. The van der Waals surface area contributed by atoms with Gasteiger partial charge in [0, 0.05) is 17.6 Å². The van der Waals surface area contributed by atoms with Gasteiger partial charge in [0.25, 0.3) is 0 Å². The molecule has 0 spiro atoms. The number of nitrogens with one attached hydrogen (secondary N) is 2. The molecule has 0 saturated carbocycles. The molecule has 2 rings (SSSR count). The fraction of sp³-hybridized carbons (Fsp3) is 0.333. The number of benzene rings is 1. The van der Waals surface area contributed by atoms with Crippen molar-refractivity contribution in [1.29, 1.82) is 0 Å². The second-order valence-corrected chi connectivity index (χ2v) is 5.33. The molecule has 2 N–H and O–H groups in total. The minimum Gasteiger partial charge on any atom is -0.490 e. The quantitative estimate of drug-likeness (QED) is 0.797. The third-order valence-corrected chi connectivity index (χ3v) is 3.73. The summed E-state index contributed by atoms with van der Waals surface area (Å²) in [5, 5.41) is 6.53. The first-order chi connectivity index (χ1) is 10.3. The fourth-order valence-corrected chi connectivity index (χ4v) is 2.31. The summed E-state index contributed by atoms with van der Waals surface area (Å²) < 4.78 is 6.50. The molecule has 0 bridgehead atoms. The highest BCUT2D eigenvalue weighted by Gasteiger charge is 2.11. The molecule has 0 aliphatic rings. The molecule has 21 heavy (non-hydrogen) atoms. The maximum Gasteiger partial charge on any atom is 0.204 e. The molecule has 5 nitrogen and oxygen atoms in total. The van der Waals surface area contributed by atoms with E-state index < -0.39 is 0 Å². The van der Waals surface area contributed by atoms with E-state index in [0.29, 0.717) is 23.9 Å². The van der Waals surface area contributed by atoms with Crippen LogP contribution in [0.15, 0.2) is 35.1 Å². The largest absolute Gasteiger partial charge is 0.490 e. The molecular weight excluding hydrogens is 332 g/mol. The average Bonchev–Trinajstić information content (AvgIpc) is 2.52.